The second kappa shape index (κ2) is 4.45. The molecular formula is C12H16O2S. The van der Waals surface area contributed by atoms with Crippen molar-refractivity contribution >= 4 is 17.1 Å². The van der Waals surface area contributed by atoms with Gasteiger partial charge in [0, 0.05) is 10.9 Å². The lowest BCUT2D eigenvalue weighted by atomic mass is 9.87. The molecule has 0 radical (unpaired) electrons. The molecule has 82 valence electrons. The normalized spacial score (nSPS) is 20.9. The van der Waals surface area contributed by atoms with E-state index in [1.54, 1.807) is 6.07 Å². The van der Waals surface area contributed by atoms with Crippen molar-refractivity contribution in [3.8, 4) is 0 Å². The SMILES string of the molecule is O=C(c1ccsc1)C1(O)CCCCCC1. The van der Waals surface area contributed by atoms with Gasteiger partial charge in [-0.05, 0) is 24.3 Å². The van der Waals surface area contributed by atoms with Gasteiger partial charge in [0.15, 0.2) is 5.78 Å². The first-order valence-electron chi connectivity index (χ1n) is 5.52. The van der Waals surface area contributed by atoms with Crippen molar-refractivity contribution in [1.29, 1.82) is 0 Å². The second-order valence-electron chi connectivity index (χ2n) is 4.29. The Bertz CT molecular complexity index is 321. The maximum atomic E-state index is 12.1. The fourth-order valence-electron chi connectivity index (χ4n) is 2.20. The minimum atomic E-state index is -1.09. The maximum absolute atomic E-state index is 12.1. The summed E-state index contributed by atoms with van der Waals surface area (Å²) < 4.78 is 0. The van der Waals surface area contributed by atoms with Crippen LogP contribution in [0.15, 0.2) is 16.8 Å². The summed E-state index contributed by atoms with van der Waals surface area (Å²) in [6, 6.07) is 1.80. The van der Waals surface area contributed by atoms with Crippen LogP contribution in [0, 0.1) is 0 Å². The third kappa shape index (κ3) is 2.29. The lowest BCUT2D eigenvalue weighted by molar-refractivity contribution is 0.0238. The Balaban J connectivity index is 2.16. The van der Waals surface area contributed by atoms with Crippen molar-refractivity contribution < 1.29 is 9.90 Å². The molecule has 1 aliphatic carbocycles. The predicted octanol–water partition coefficient (Wildman–Crippen LogP) is 3.02. The Kier molecular flexibility index (Phi) is 3.22. The van der Waals surface area contributed by atoms with Crippen molar-refractivity contribution in [2.24, 2.45) is 0 Å². The molecule has 15 heavy (non-hydrogen) atoms. The molecule has 0 aliphatic heterocycles. The largest absolute Gasteiger partial charge is 0.382 e. The maximum Gasteiger partial charge on any atom is 0.195 e. The first-order valence-corrected chi connectivity index (χ1v) is 6.46. The Labute approximate surface area is 93.9 Å². The van der Waals surface area contributed by atoms with Gasteiger partial charge < -0.3 is 5.11 Å². The van der Waals surface area contributed by atoms with Crippen LogP contribution >= 0.6 is 11.3 Å². The highest BCUT2D eigenvalue weighted by Crippen LogP contribution is 2.30. The predicted molar refractivity (Wildman–Crippen MR) is 61.3 cm³/mol. The Hall–Kier alpha value is -0.670. The number of hydrogen-bond acceptors (Lipinski definition) is 3. The number of rotatable bonds is 2. The van der Waals surface area contributed by atoms with Gasteiger partial charge in [-0.2, -0.15) is 11.3 Å². The van der Waals surface area contributed by atoms with Gasteiger partial charge >= 0.3 is 0 Å². The van der Waals surface area contributed by atoms with Gasteiger partial charge in [0.25, 0.3) is 0 Å². The van der Waals surface area contributed by atoms with E-state index < -0.39 is 5.60 Å². The zero-order valence-corrected chi connectivity index (χ0v) is 9.55. The van der Waals surface area contributed by atoms with Crippen molar-refractivity contribution in [1.82, 2.24) is 0 Å². The van der Waals surface area contributed by atoms with Crippen LogP contribution in [-0.2, 0) is 0 Å². The molecule has 1 N–H and O–H groups in total. The number of hydrogen-bond donors (Lipinski definition) is 1. The van der Waals surface area contributed by atoms with E-state index >= 15 is 0 Å². The van der Waals surface area contributed by atoms with E-state index in [9.17, 15) is 9.90 Å². The second-order valence-corrected chi connectivity index (χ2v) is 5.07. The van der Waals surface area contributed by atoms with Crippen LogP contribution in [0.5, 0.6) is 0 Å². The Morgan fingerprint density at radius 3 is 2.47 bits per heavy atom. The van der Waals surface area contributed by atoms with E-state index in [0.717, 1.165) is 25.7 Å². The van der Waals surface area contributed by atoms with E-state index in [4.69, 9.17) is 0 Å². The molecule has 1 heterocycles. The topological polar surface area (TPSA) is 37.3 Å². The lowest BCUT2D eigenvalue weighted by Gasteiger charge is -2.24. The van der Waals surface area contributed by atoms with Gasteiger partial charge in [-0.1, -0.05) is 25.7 Å². The zero-order valence-electron chi connectivity index (χ0n) is 8.74. The summed E-state index contributed by atoms with van der Waals surface area (Å²) in [4.78, 5) is 12.1. The minimum absolute atomic E-state index is 0.0781. The summed E-state index contributed by atoms with van der Waals surface area (Å²) in [6.07, 6.45) is 5.46. The van der Waals surface area contributed by atoms with Crippen LogP contribution in [0.4, 0.5) is 0 Å². The van der Waals surface area contributed by atoms with Crippen molar-refractivity contribution in [2.45, 2.75) is 44.1 Å². The molecule has 0 amide bonds. The third-order valence-corrected chi connectivity index (χ3v) is 3.82. The van der Waals surface area contributed by atoms with Crippen LogP contribution in [-0.4, -0.2) is 16.5 Å². The third-order valence-electron chi connectivity index (χ3n) is 3.14. The van der Waals surface area contributed by atoms with Crippen molar-refractivity contribution in [3.63, 3.8) is 0 Å². The molecule has 1 aromatic rings. The molecule has 0 saturated heterocycles. The van der Waals surface area contributed by atoms with E-state index in [1.165, 1.54) is 11.3 Å². The molecule has 0 spiro atoms. The molecule has 0 bridgehead atoms. The molecule has 0 unspecified atom stereocenters. The van der Waals surface area contributed by atoms with E-state index in [-0.39, 0.29) is 5.78 Å². The molecule has 3 heteroatoms. The molecule has 1 fully saturated rings. The molecule has 2 nitrogen and oxygen atoms in total. The van der Waals surface area contributed by atoms with Crippen molar-refractivity contribution in [2.75, 3.05) is 0 Å². The van der Waals surface area contributed by atoms with Crippen LogP contribution in [0.3, 0.4) is 0 Å². The molecule has 1 aliphatic rings. The summed E-state index contributed by atoms with van der Waals surface area (Å²) in [5, 5.41) is 14.1. The number of ketones is 1. The lowest BCUT2D eigenvalue weighted by Crippen LogP contribution is -2.37. The van der Waals surface area contributed by atoms with Gasteiger partial charge in [0.2, 0.25) is 0 Å². The molecule has 0 atom stereocenters. The summed E-state index contributed by atoms with van der Waals surface area (Å²) in [5.41, 5.74) is -0.415. The molecule has 0 aromatic carbocycles. The number of carbonyl (C=O) groups is 1. The summed E-state index contributed by atoms with van der Waals surface area (Å²) in [6.45, 7) is 0. The average molecular weight is 224 g/mol. The minimum Gasteiger partial charge on any atom is -0.382 e. The van der Waals surface area contributed by atoms with E-state index in [0.29, 0.717) is 18.4 Å². The highest BCUT2D eigenvalue weighted by Gasteiger charge is 2.36. The van der Waals surface area contributed by atoms with Crippen LogP contribution in [0.1, 0.15) is 48.9 Å². The van der Waals surface area contributed by atoms with Crippen LogP contribution in [0.2, 0.25) is 0 Å². The monoisotopic (exact) mass is 224 g/mol. The smallest absolute Gasteiger partial charge is 0.195 e. The number of thiophene rings is 1. The van der Waals surface area contributed by atoms with Gasteiger partial charge in [0.1, 0.15) is 5.60 Å². The molecule has 1 aromatic heterocycles. The molecule has 1 saturated carbocycles. The standard InChI is InChI=1S/C12H16O2S/c13-11(10-5-8-15-9-10)12(14)6-3-1-2-4-7-12/h5,8-9,14H,1-4,6-7H2. The highest BCUT2D eigenvalue weighted by atomic mass is 32.1. The van der Waals surface area contributed by atoms with Gasteiger partial charge in [0.05, 0.1) is 0 Å². The van der Waals surface area contributed by atoms with Crippen LogP contribution in [0.25, 0.3) is 0 Å². The Morgan fingerprint density at radius 1 is 1.27 bits per heavy atom. The fourth-order valence-corrected chi connectivity index (χ4v) is 2.84. The summed E-state index contributed by atoms with van der Waals surface area (Å²) in [5.74, 6) is -0.0781. The average Bonchev–Trinajstić information content (AvgIpc) is 2.67. The molecule has 2 rings (SSSR count). The van der Waals surface area contributed by atoms with Gasteiger partial charge in [-0.15, -0.1) is 0 Å². The first-order chi connectivity index (χ1) is 7.22. The van der Waals surface area contributed by atoms with E-state index in [1.807, 2.05) is 10.8 Å². The first kappa shape index (κ1) is 10.8. The number of aliphatic hydroxyl groups is 1. The van der Waals surface area contributed by atoms with Crippen molar-refractivity contribution in [3.05, 3.63) is 22.4 Å². The zero-order chi connectivity index (χ0) is 10.7. The number of Topliss-reactive ketones (excluding diaryl/α,β-unsaturated/α-hetero) is 1. The van der Waals surface area contributed by atoms with E-state index in [2.05, 4.69) is 0 Å². The van der Waals surface area contributed by atoms with Gasteiger partial charge in [-0.25, -0.2) is 0 Å². The van der Waals surface area contributed by atoms with Gasteiger partial charge in [-0.3, -0.25) is 4.79 Å². The quantitative estimate of drug-likeness (QED) is 0.619. The number of carbonyl (C=O) groups excluding carboxylic acids is 1. The summed E-state index contributed by atoms with van der Waals surface area (Å²) in [7, 11) is 0. The molecular weight excluding hydrogens is 208 g/mol. The fraction of sp³-hybridized carbons (Fsp3) is 0.583. The Morgan fingerprint density at radius 2 is 1.93 bits per heavy atom. The van der Waals surface area contributed by atoms with Crippen LogP contribution < -0.4 is 0 Å². The highest BCUT2D eigenvalue weighted by molar-refractivity contribution is 7.08. The summed E-state index contributed by atoms with van der Waals surface area (Å²) >= 11 is 1.50.